The van der Waals surface area contributed by atoms with Crippen LogP contribution in [0.5, 0.6) is 0 Å². The van der Waals surface area contributed by atoms with Crippen LogP contribution in [0.4, 0.5) is 0 Å². The molecule has 0 aromatic rings. The third-order valence-electron chi connectivity index (χ3n) is 6.27. The Morgan fingerprint density at radius 3 is 2.26 bits per heavy atom. The topological polar surface area (TPSA) is 221 Å². The highest BCUT2D eigenvalue weighted by molar-refractivity contribution is 7.80. The van der Waals surface area contributed by atoms with Crippen LogP contribution in [0.2, 0.25) is 0 Å². The van der Waals surface area contributed by atoms with Gasteiger partial charge in [0.15, 0.2) is 5.60 Å². The van der Waals surface area contributed by atoms with Crippen LogP contribution >= 0.6 is 0 Å². The van der Waals surface area contributed by atoms with E-state index in [9.17, 15) is 43.0 Å². The second-order valence-electron chi connectivity index (χ2n) is 9.71. The van der Waals surface area contributed by atoms with Gasteiger partial charge in [-0.25, -0.2) is 13.2 Å². The Kier molecular flexibility index (Phi) is 8.61. The standard InChI is InChI=1S/C20H33NO13S/c1-10(22)21-14-16(25)19(4,13(34-18(14,2)3)7-32-35(28,29)30)8-31-9-20(5)15(24)11(23)6-12(33-20)17(26)27/h6,11,13-16,23-25H,7-9H2,1-5H3,(H,21,22)(H,26,27)(H,28,29,30)/p-1/t11-,13?,14?,15?,16+,19+,20+/m0/s1. The molecule has 0 aromatic heterocycles. The molecule has 2 aliphatic rings. The van der Waals surface area contributed by atoms with Gasteiger partial charge in [-0.3, -0.25) is 8.98 Å². The number of aliphatic carboxylic acids is 1. The maximum Gasteiger partial charge on any atom is 0.370 e. The van der Waals surface area contributed by atoms with Crippen molar-refractivity contribution in [3.8, 4) is 0 Å². The first kappa shape index (κ1) is 29.4. The maximum absolute atomic E-state index is 11.7. The predicted octanol–water partition coefficient (Wildman–Crippen LogP) is -1.99. The van der Waals surface area contributed by atoms with Crippen LogP contribution in [0.1, 0.15) is 34.6 Å². The third kappa shape index (κ3) is 6.68. The molecule has 202 valence electrons. The normalized spacial score (nSPS) is 37.2. The molecule has 0 aromatic carbocycles. The van der Waals surface area contributed by atoms with E-state index in [1.165, 1.54) is 20.8 Å². The van der Waals surface area contributed by atoms with Gasteiger partial charge in [0.05, 0.1) is 43.7 Å². The number of amides is 1. The third-order valence-corrected chi connectivity index (χ3v) is 6.70. The van der Waals surface area contributed by atoms with Crippen molar-refractivity contribution in [2.45, 2.75) is 76.3 Å². The van der Waals surface area contributed by atoms with E-state index in [-0.39, 0.29) is 0 Å². The second kappa shape index (κ2) is 10.3. The van der Waals surface area contributed by atoms with Gasteiger partial charge in [0.1, 0.15) is 12.2 Å². The van der Waals surface area contributed by atoms with Crippen LogP contribution in [-0.4, -0.2) is 107 Å². The summed E-state index contributed by atoms with van der Waals surface area (Å²) >= 11 is 0. The fourth-order valence-corrected chi connectivity index (χ4v) is 4.49. The largest absolute Gasteiger partial charge is 0.726 e. The summed E-state index contributed by atoms with van der Waals surface area (Å²) in [5.74, 6) is -2.54. The van der Waals surface area contributed by atoms with Crippen LogP contribution < -0.4 is 5.32 Å². The summed E-state index contributed by atoms with van der Waals surface area (Å²) in [5.41, 5.74) is -4.40. The molecule has 0 bridgehead atoms. The van der Waals surface area contributed by atoms with Gasteiger partial charge in [0, 0.05) is 12.3 Å². The molecule has 0 radical (unpaired) electrons. The Labute approximate surface area is 202 Å². The average Bonchev–Trinajstić information content (AvgIpc) is 2.70. The number of rotatable bonds is 9. The number of nitrogens with one attached hydrogen (secondary N) is 1. The zero-order valence-electron chi connectivity index (χ0n) is 20.0. The lowest BCUT2D eigenvalue weighted by Crippen LogP contribution is -2.71. The number of carboxylic acid groups (broad SMARTS) is 1. The molecule has 1 amide bonds. The van der Waals surface area contributed by atoms with Gasteiger partial charge < -0.3 is 44.5 Å². The molecule has 14 nitrogen and oxygen atoms in total. The highest BCUT2D eigenvalue weighted by atomic mass is 32.3. The first-order valence-electron chi connectivity index (χ1n) is 10.6. The molecular weight excluding hydrogens is 494 g/mol. The van der Waals surface area contributed by atoms with Crippen molar-refractivity contribution >= 4 is 22.3 Å². The number of ether oxygens (including phenoxy) is 3. The van der Waals surface area contributed by atoms with Crippen LogP contribution in [-0.2, 0) is 38.4 Å². The van der Waals surface area contributed by atoms with Gasteiger partial charge in [-0.15, -0.1) is 0 Å². The van der Waals surface area contributed by atoms with Gasteiger partial charge >= 0.3 is 5.97 Å². The highest BCUT2D eigenvalue weighted by Crippen LogP contribution is 2.42. The van der Waals surface area contributed by atoms with E-state index in [0.29, 0.717) is 0 Å². The second-order valence-corrected chi connectivity index (χ2v) is 10.8. The smallest absolute Gasteiger partial charge is 0.370 e. The summed E-state index contributed by atoms with van der Waals surface area (Å²) in [7, 11) is -5.10. The number of aliphatic hydroxyl groups is 3. The highest BCUT2D eigenvalue weighted by Gasteiger charge is 2.57. The van der Waals surface area contributed by atoms with Crippen LogP contribution in [0.15, 0.2) is 11.8 Å². The number of hydrogen-bond donors (Lipinski definition) is 5. The van der Waals surface area contributed by atoms with Crippen molar-refractivity contribution in [3.05, 3.63) is 11.8 Å². The molecule has 7 atom stereocenters. The molecule has 15 heteroatoms. The molecule has 35 heavy (non-hydrogen) atoms. The van der Waals surface area contributed by atoms with Gasteiger partial charge in [-0.1, -0.05) is 6.92 Å². The summed E-state index contributed by atoms with van der Waals surface area (Å²) in [6.45, 7) is 5.44. The Morgan fingerprint density at radius 1 is 1.14 bits per heavy atom. The average molecular weight is 527 g/mol. The fraction of sp³-hybridized carbons (Fsp3) is 0.800. The van der Waals surface area contributed by atoms with Crippen molar-refractivity contribution in [1.82, 2.24) is 5.32 Å². The van der Waals surface area contributed by atoms with E-state index < -0.39 is 94.9 Å². The van der Waals surface area contributed by atoms with Gasteiger partial charge in [-0.2, -0.15) is 0 Å². The van der Waals surface area contributed by atoms with Gasteiger partial charge in [0.25, 0.3) is 0 Å². The fourth-order valence-electron chi connectivity index (χ4n) is 4.20. The summed E-state index contributed by atoms with van der Waals surface area (Å²) in [6, 6.07) is -0.982. The molecule has 1 saturated heterocycles. The van der Waals surface area contributed by atoms with Gasteiger partial charge in [-0.05, 0) is 26.8 Å². The number of carboxylic acids is 1. The van der Waals surface area contributed by atoms with Crippen molar-refractivity contribution in [2.75, 3.05) is 19.8 Å². The minimum absolute atomic E-state index is 0.402. The summed E-state index contributed by atoms with van der Waals surface area (Å²) in [6.07, 6.45) is -4.90. The molecular formula is C20H32NO13S-. The summed E-state index contributed by atoms with van der Waals surface area (Å²) < 4.78 is 54.4. The van der Waals surface area contributed by atoms with Crippen molar-refractivity contribution < 1.29 is 61.4 Å². The van der Waals surface area contributed by atoms with Crippen molar-refractivity contribution in [1.29, 1.82) is 0 Å². The van der Waals surface area contributed by atoms with E-state index in [2.05, 4.69) is 9.50 Å². The van der Waals surface area contributed by atoms with E-state index in [1.54, 1.807) is 13.8 Å². The minimum Gasteiger partial charge on any atom is -0.726 e. The minimum atomic E-state index is -5.10. The number of hydrogen-bond acceptors (Lipinski definition) is 12. The van der Waals surface area contributed by atoms with Gasteiger partial charge in [0.2, 0.25) is 22.1 Å². The lowest BCUT2D eigenvalue weighted by atomic mass is 9.70. The zero-order chi connectivity index (χ0) is 27.0. The predicted molar refractivity (Wildman–Crippen MR) is 114 cm³/mol. The molecule has 3 unspecified atom stereocenters. The Morgan fingerprint density at radius 2 is 1.74 bits per heavy atom. The number of carbonyl (C=O) groups excluding carboxylic acids is 1. The van der Waals surface area contributed by atoms with Crippen molar-refractivity contribution in [2.24, 2.45) is 5.41 Å². The number of aliphatic hydroxyl groups excluding tert-OH is 3. The van der Waals surface area contributed by atoms with E-state index in [0.717, 1.165) is 6.08 Å². The Hall–Kier alpha value is -1.85. The summed E-state index contributed by atoms with van der Waals surface area (Å²) in [4.78, 5) is 23.0. The first-order chi connectivity index (χ1) is 15.8. The maximum atomic E-state index is 11.7. The number of carbonyl (C=O) groups is 2. The summed E-state index contributed by atoms with van der Waals surface area (Å²) in [5, 5.41) is 43.4. The van der Waals surface area contributed by atoms with Crippen molar-refractivity contribution in [3.63, 3.8) is 0 Å². The lowest BCUT2D eigenvalue weighted by Gasteiger charge is -2.55. The Bertz CT molecular complexity index is 951. The monoisotopic (exact) mass is 526 g/mol. The lowest BCUT2D eigenvalue weighted by molar-refractivity contribution is -0.255. The molecule has 0 aliphatic carbocycles. The SMILES string of the molecule is CC(=O)NC1[C@@H](O)[C@](C)(COC[C@@]2(C)OC(C(=O)O)=C[C@H](O)C2O)C(COS(=O)(=O)[O-])OC1(C)C. The Balaban J connectivity index is 2.29. The molecule has 0 spiro atoms. The quantitative estimate of drug-likeness (QED) is 0.162. The van der Waals surface area contributed by atoms with E-state index in [4.69, 9.17) is 14.2 Å². The molecule has 0 saturated carbocycles. The first-order valence-corrected chi connectivity index (χ1v) is 12.0. The zero-order valence-corrected chi connectivity index (χ0v) is 20.8. The molecule has 2 aliphatic heterocycles. The molecule has 1 fully saturated rings. The molecule has 2 rings (SSSR count). The molecule has 2 heterocycles. The van der Waals surface area contributed by atoms with E-state index >= 15 is 0 Å². The van der Waals surface area contributed by atoms with Crippen LogP contribution in [0.25, 0.3) is 0 Å². The molecule has 5 N–H and O–H groups in total. The van der Waals surface area contributed by atoms with Crippen LogP contribution in [0.3, 0.4) is 0 Å². The van der Waals surface area contributed by atoms with Crippen LogP contribution in [0, 0.1) is 5.41 Å². The van der Waals surface area contributed by atoms with E-state index in [1.807, 2.05) is 0 Å².